The van der Waals surface area contributed by atoms with Crippen LogP contribution in [0, 0.1) is 21.8 Å². The SMILES string of the molecule is CC(C)[C@@H](NC(=O)c1ccc([N+](=O)[O-])cc1F)C(=O)O. The van der Waals surface area contributed by atoms with Crippen LogP contribution in [-0.2, 0) is 4.79 Å². The third-order valence-electron chi connectivity index (χ3n) is 2.63. The standard InChI is InChI=1S/C12H13FN2O5/c1-6(2)10(12(17)18)14-11(16)8-4-3-7(15(19)20)5-9(8)13/h3-6,10H,1-2H3,(H,14,16)(H,17,18)/t10-/m1/s1. The maximum Gasteiger partial charge on any atom is 0.326 e. The summed E-state index contributed by atoms with van der Waals surface area (Å²) in [5.41, 5.74) is -0.930. The minimum Gasteiger partial charge on any atom is -0.480 e. The molecule has 1 rings (SSSR count). The fourth-order valence-corrected chi connectivity index (χ4v) is 1.53. The van der Waals surface area contributed by atoms with Gasteiger partial charge < -0.3 is 10.4 Å². The molecular weight excluding hydrogens is 271 g/mol. The van der Waals surface area contributed by atoms with E-state index in [9.17, 15) is 24.1 Å². The van der Waals surface area contributed by atoms with Crippen molar-refractivity contribution in [1.29, 1.82) is 0 Å². The summed E-state index contributed by atoms with van der Waals surface area (Å²) in [6.45, 7) is 3.18. The van der Waals surface area contributed by atoms with E-state index >= 15 is 0 Å². The van der Waals surface area contributed by atoms with Gasteiger partial charge in [-0.2, -0.15) is 0 Å². The number of amides is 1. The Morgan fingerprint density at radius 3 is 2.40 bits per heavy atom. The zero-order chi connectivity index (χ0) is 15.4. The summed E-state index contributed by atoms with van der Waals surface area (Å²) in [6, 6.07) is 1.36. The molecule has 0 aliphatic carbocycles. The van der Waals surface area contributed by atoms with E-state index in [-0.39, 0.29) is 0 Å². The Labute approximate surface area is 113 Å². The van der Waals surface area contributed by atoms with Crippen LogP contribution < -0.4 is 5.32 Å². The van der Waals surface area contributed by atoms with Gasteiger partial charge in [0.2, 0.25) is 0 Å². The lowest BCUT2D eigenvalue weighted by atomic mass is 10.0. The highest BCUT2D eigenvalue weighted by Crippen LogP contribution is 2.17. The minimum absolute atomic E-state index is 0.391. The summed E-state index contributed by atoms with van der Waals surface area (Å²) in [7, 11) is 0. The van der Waals surface area contributed by atoms with Gasteiger partial charge in [0.15, 0.2) is 0 Å². The number of aliphatic carboxylic acids is 1. The van der Waals surface area contributed by atoms with E-state index in [1.165, 1.54) is 0 Å². The molecule has 0 saturated carbocycles. The number of nitrogens with zero attached hydrogens (tertiary/aromatic N) is 1. The summed E-state index contributed by atoms with van der Waals surface area (Å²) < 4.78 is 13.6. The van der Waals surface area contributed by atoms with Crippen LogP contribution in [-0.4, -0.2) is 27.9 Å². The molecule has 1 aromatic carbocycles. The molecular formula is C12H13FN2O5. The first-order valence-corrected chi connectivity index (χ1v) is 5.71. The van der Waals surface area contributed by atoms with E-state index in [1.807, 2.05) is 0 Å². The number of carbonyl (C=O) groups is 2. The maximum absolute atomic E-state index is 13.6. The molecule has 7 nitrogen and oxygen atoms in total. The van der Waals surface area contributed by atoms with Crippen molar-refractivity contribution in [2.24, 2.45) is 5.92 Å². The van der Waals surface area contributed by atoms with Crippen LogP contribution in [0.25, 0.3) is 0 Å². The van der Waals surface area contributed by atoms with Crippen molar-refractivity contribution >= 4 is 17.6 Å². The van der Waals surface area contributed by atoms with Crippen molar-refractivity contribution in [2.45, 2.75) is 19.9 Å². The Balaban J connectivity index is 2.98. The van der Waals surface area contributed by atoms with Crippen LogP contribution in [0.1, 0.15) is 24.2 Å². The molecule has 20 heavy (non-hydrogen) atoms. The third-order valence-corrected chi connectivity index (χ3v) is 2.63. The van der Waals surface area contributed by atoms with Crippen molar-refractivity contribution in [3.05, 3.63) is 39.7 Å². The number of carbonyl (C=O) groups excluding carboxylic acids is 1. The summed E-state index contributed by atoms with van der Waals surface area (Å²) in [5.74, 6) is -3.64. The van der Waals surface area contributed by atoms with Crippen LogP contribution in [0.5, 0.6) is 0 Å². The Morgan fingerprint density at radius 2 is 2.00 bits per heavy atom. The molecule has 8 heteroatoms. The Bertz CT molecular complexity index is 559. The van der Waals surface area contributed by atoms with Gasteiger partial charge in [-0.15, -0.1) is 0 Å². The number of nitrogens with one attached hydrogen (secondary N) is 1. The van der Waals surface area contributed by atoms with E-state index in [0.717, 1.165) is 12.1 Å². The average molecular weight is 284 g/mol. The number of hydrogen-bond donors (Lipinski definition) is 2. The Morgan fingerprint density at radius 1 is 1.40 bits per heavy atom. The highest BCUT2D eigenvalue weighted by Gasteiger charge is 2.25. The zero-order valence-electron chi connectivity index (χ0n) is 10.8. The molecule has 0 heterocycles. The number of nitro groups is 1. The van der Waals surface area contributed by atoms with Gasteiger partial charge >= 0.3 is 5.97 Å². The van der Waals surface area contributed by atoms with Gasteiger partial charge in [0.1, 0.15) is 11.9 Å². The number of rotatable bonds is 5. The molecule has 0 aliphatic heterocycles. The van der Waals surface area contributed by atoms with Crippen molar-refractivity contribution in [3.63, 3.8) is 0 Å². The van der Waals surface area contributed by atoms with Gasteiger partial charge in [-0.25, -0.2) is 9.18 Å². The molecule has 2 N–H and O–H groups in total. The number of hydrogen-bond acceptors (Lipinski definition) is 4. The van der Waals surface area contributed by atoms with Crippen molar-refractivity contribution < 1.29 is 24.0 Å². The van der Waals surface area contributed by atoms with E-state index in [0.29, 0.717) is 6.07 Å². The normalized spacial score (nSPS) is 12.0. The smallest absolute Gasteiger partial charge is 0.326 e. The molecule has 1 amide bonds. The highest BCUT2D eigenvalue weighted by molar-refractivity contribution is 5.97. The van der Waals surface area contributed by atoms with Crippen LogP contribution in [0.15, 0.2) is 18.2 Å². The molecule has 1 atom stereocenters. The topological polar surface area (TPSA) is 110 Å². The van der Waals surface area contributed by atoms with Crippen LogP contribution in [0.2, 0.25) is 0 Å². The predicted molar refractivity (Wildman–Crippen MR) is 66.8 cm³/mol. The summed E-state index contributed by atoms with van der Waals surface area (Å²) in [5, 5.41) is 21.6. The number of non-ortho nitro benzene ring substituents is 1. The van der Waals surface area contributed by atoms with Gasteiger partial charge in [0.25, 0.3) is 11.6 Å². The molecule has 0 saturated heterocycles. The average Bonchev–Trinajstić information content (AvgIpc) is 2.34. The largest absolute Gasteiger partial charge is 0.480 e. The fraction of sp³-hybridized carbons (Fsp3) is 0.333. The first-order valence-electron chi connectivity index (χ1n) is 5.71. The molecule has 108 valence electrons. The molecule has 0 fully saturated rings. The van der Waals surface area contributed by atoms with Crippen LogP contribution in [0.4, 0.5) is 10.1 Å². The first-order chi connectivity index (χ1) is 9.23. The summed E-state index contributed by atoms with van der Waals surface area (Å²) in [6.07, 6.45) is 0. The Hall–Kier alpha value is -2.51. The summed E-state index contributed by atoms with van der Waals surface area (Å²) in [4.78, 5) is 32.4. The van der Waals surface area contributed by atoms with Crippen LogP contribution >= 0.6 is 0 Å². The van der Waals surface area contributed by atoms with Gasteiger partial charge in [-0.1, -0.05) is 13.8 Å². The monoisotopic (exact) mass is 284 g/mol. The number of halogens is 1. The van der Waals surface area contributed by atoms with Crippen molar-refractivity contribution in [3.8, 4) is 0 Å². The van der Waals surface area contributed by atoms with Crippen molar-refractivity contribution in [2.75, 3.05) is 0 Å². The fourth-order valence-electron chi connectivity index (χ4n) is 1.53. The number of carboxylic acids is 1. The second-order valence-corrected chi connectivity index (χ2v) is 4.45. The lowest BCUT2D eigenvalue weighted by molar-refractivity contribution is -0.385. The first kappa shape index (κ1) is 15.5. The molecule has 0 unspecified atom stereocenters. The quantitative estimate of drug-likeness (QED) is 0.630. The van der Waals surface area contributed by atoms with E-state index in [2.05, 4.69) is 5.32 Å². The van der Waals surface area contributed by atoms with Gasteiger partial charge in [0.05, 0.1) is 16.6 Å². The maximum atomic E-state index is 13.6. The van der Waals surface area contributed by atoms with E-state index < -0.39 is 45.8 Å². The highest BCUT2D eigenvalue weighted by atomic mass is 19.1. The Kier molecular flexibility index (Phi) is 4.73. The molecule has 1 aromatic rings. The van der Waals surface area contributed by atoms with Gasteiger partial charge in [0, 0.05) is 6.07 Å². The van der Waals surface area contributed by atoms with Crippen molar-refractivity contribution in [1.82, 2.24) is 5.32 Å². The van der Waals surface area contributed by atoms with Gasteiger partial charge in [-0.3, -0.25) is 14.9 Å². The molecule has 0 aromatic heterocycles. The predicted octanol–water partition coefficient (Wildman–Crippen LogP) is 1.57. The number of carboxylic acid groups (broad SMARTS) is 1. The summed E-state index contributed by atoms with van der Waals surface area (Å²) >= 11 is 0. The molecule has 0 spiro atoms. The lowest BCUT2D eigenvalue weighted by Gasteiger charge is -2.17. The van der Waals surface area contributed by atoms with E-state index in [4.69, 9.17) is 5.11 Å². The van der Waals surface area contributed by atoms with Gasteiger partial charge in [-0.05, 0) is 12.0 Å². The zero-order valence-corrected chi connectivity index (χ0v) is 10.8. The van der Waals surface area contributed by atoms with Crippen LogP contribution in [0.3, 0.4) is 0 Å². The third kappa shape index (κ3) is 3.50. The number of benzene rings is 1. The second-order valence-electron chi connectivity index (χ2n) is 4.45. The minimum atomic E-state index is -1.24. The molecule has 0 radical (unpaired) electrons. The van der Waals surface area contributed by atoms with E-state index in [1.54, 1.807) is 13.8 Å². The second kappa shape index (κ2) is 6.09. The lowest BCUT2D eigenvalue weighted by Crippen LogP contribution is -2.44. The molecule has 0 aliphatic rings. The molecule has 0 bridgehead atoms. The number of nitro benzene ring substituents is 1.